The molecule has 2 fully saturated rings. The molecule has 0 bridgehead atoms. The van der Waals surface area contributed by atoms with Crippen molar-refractivity contribution in [1.29, 1.82) is 0 Å². The molecular formula is C28H20BrNO5. The number of fused-ring (bicyclic) bond motifs is 3. The zero-order valence-electron chi connectivity index (χ0n) is 18.9. The number of nitrogens with zero attached hydrogens (tertiary/aromatic N) is 1. The fraction of sp³-hybridized carbons (Fsp3) is 0.214. The molecule has 7 heteroatoms. The van der Waals surface area contributed by atoms with Crippen LogP contribution in [0.3, 0.4) is 0 Å². The zero-order valence-corrected chi connectivity index (χ0v) is 20.5. The summed E-state index contributed by atoms with van der Waals surface area (Å²) in [6.45, 7) is 3.85. The van der Waals surface area contributed by atoms with Crippen molar-refractivity contribution < 1.29 is 23.9 Å². The average molecular weight is 530 g/mol. The van der Waals surface area contributed by atoms with Crippen molar-refractivity contribution >= 4 is 45.0 Å². The highest BCUT2D eigenvalue weighted by molar-refractivity contribution is 9.10. The highest BCUT2D eigenvalue weighted by Crippen LogP contribution is 2.57. The van der Waals surface area contributed by atoms with Gasteiger partial charge in [-0.25, -0.2) is 4.90 Å². The molecule has 0 N–H and O–H groups in total. The number of amides is 2. The molecule has 2 heterocycles. The normalized spacial score (nSPS) is 24.4. The first kappa shape index (κ1) is 22.1. The maximum atomic E-state index is 13.9. The molecule has 1 aliphatic carbocycles. The first-order valence-corrected chi connectivity index (χ1v) is 12.1. The number of ether oxygens (including phenoxy) is 1. The summed E-state index contributed by atoms with van der Waals surface area (Å²) in [5.74, 6) is -4.43. The fourth-order valence-electron chi connectivity index (χ4n) is 5.59. The lowest BCUT2D eigenvalue weighted by Crippen LogP contribution is -2.51. The summed E-state index contributed by atoms with van der Waals surface area (Å²) >= 11 is 3.40. The van der Waals surface area contributed by atoms with E-state index in [0.717, 1.165) is 20.5 Å². The van der Waals surface area contributed by atoms with Crippen LogP contribution in [0.5, 0.6) is 0 Å². The highest BCUT2D eigenvalue weighted by atomic mass is 79.9. The molecule has 35 heavy (non-hydrogen) atoms. The quantitative estimate of drug-likeness (QED) is 0.353. The first-order chi connectivity index (χ1) is 16.8. The molecule has 0 aromatic heterocycles. The molecule has 3 aromatic rings. The highest BCUT2D eigenvalue weighted by Gasteiger charge is 2.74. The molecule has 2 saturated heterocycles. The lowest BCUT2D eigenvalue weighted by Gasteiger charge is -2.27. The first-order valence-electron chi connectivity index (χ1n) is 11.3. The summed E-state index contributed by atoms with van der Waals surface area (Å²) in [5, 5.41) is 0. The molecule has 0 unspecified atom stereocenters. The van der Waals surface area contributed by atoms with Crippen LogP contribution < -0.4 is 4.90 Å². The van der Waals surface area contributed by atoms with Crippen molar-refractivity contribution in [2.24, 2.45) is 11.8 Å². The predicted molar refractivity (Wildman–Crippen MR) is 131 cm³/mol. The molecule has 2 aliphatic heterocycles. The molecule has 3 aromatic carbocycles. The fourth-order valence-corrected chi connectivity index (χ4v) is 5.85. The zero-order chi connectivity index (χ0) is 24.6. The van der Waals surface area contributed by atoms with Gasteiger partial charge >= 0.3 is 0 Å². The van der Waals surface area contributed by atoms with E-state index in [9.17, 15) is 19.2 Å². The van der Waals surface area contributed by atoms with E-state index in [0.29, 0.717) is 11.3 Å². The van der Waals surface area contributed by atoms with E-state index < -0.39 is 46.9 Å². The van der Waals surface area contributed by atoms with Gasteiger partial charge in [0.15, 0.2) is 0 Å². The number of Topliss-reactive ketones (excluding diaryl/α,β-unsaturated/α-hetero) is 2. The second-order valence-electron chi connectivity index (χ2n) is 9.31. The lowest BCUT2D eigenvalue weighted by atomic mass is 9.77. The number of rotatable bonds is 2. The van der Waals surface area contributed by atoms with E-state index in [1.54, 1.807) is 60.7 Å². The number of carbonyl (C=O) groups excluding carboxylic acids is 4. The molecule has 0 radical (unpaired) electrons. The maximum Gasteiger partial charge on any atom is 0.241 e. The van der Waals surface area contributed by atoms with Crippen LogP contribution in [0.2, 0.25) is 0 Å². The van der Waals surface area contributed by atoms with Gasteiger partial charge in [-0.2, -0.15) is 0 Å². The Kier molecular flexibility index (Phi) is 4.75. The van der Waals surface area contributed by atoms with Gasteiger partial charge in [0.1, 0.15) is 0 Å². The lowest BCUT2D eigenvalue weighted by molar-refractivity contribution is -0.127. The van der Waals surface area contributed by atoms with Crippen LogP contribution in [0.1, 0.15) is 43.5 Å². The average Bonchev–Trinajstić information content (AvgIpc) is 3.41. The van der Waals surface area contributed by atoms with Gasteiger partial charge in [-0.3, -0.25) is 19.2 Å². The molecule has 3 aliphatic rings. The molecule has 2 amide bonds. The van der Waals surface area contributed by atoms with Crippen LogP contribution in [0.4, 0.5) is 5.69 Å². The number of carbonyl (C=O) groups is 4. The van der Waals surface area contributed by atoms with Gasteiger partial charge in [0.25, 0.3) is 0 Å². The van der Waals surface area contributed by atoms with E-state index in [4.69, 9.17) is 4.74 Å². The Balaban J connectivity index is 1.54. The molecule has 174 valence electrons. The predicted octanol–water partition coefficient (Wildman–Crippen LogP) is 4.76. The minimum absolute atomic E-state index is 0.220. The topological polar surface area (TPSA) is 80.8 Å². The van der Waals surface area contributed by atoms with Gasteiger partial charge in [-0.1, -0.05) is 58.4 Å². The molecule has 6 rings (SSSR count). The van der Waals surface area contributed by atoms with E-state index in [1.807, 2.05) is 19.9 Å². The van der Waals surface area contributed by atoms with Gasteiger partial charge in [-0.05, 0) is 54.8 Å². The Morgan fingerprint density at radius 2 is 1.43 bits per heavy atom. The number of aryl methyl sites for hydroxylation is 2. The van der Waals surface area contributed by atoms with Crippen LogP contribution in [0.15, 0.2) is 71.2 Å². The van der Waals surface area contributed by atoms with Crippen molar-refractivity contribution in [3.05, 3.63) is 99.0 Å². The third-order valence-corrected chi connectivity index (χ3v) is 7.99. The summed E-state index contributed by atoms with van der Waals surface area (Å²) in [4.78, 5) is 56.5. The van der Waals surface area contributed by atoms with Crippen LogP contribution in [-0.2, 0) is 14.3 Å². The number of hydrogen-bond acceptors (Lipinski definition) is 5. The van der Waals surface area contributed by atoms with Crippen LogP contribution >= 0.6 is 15.9 Å². The Morgan fingerprint density at radius 1 is 0.800 bits per heavy atom. The Labute approximate surface area is 210 Å². The van der Waals surface area contributed by atoms with Gasteiger partial charge in [0.05, 0.1) is 23.6 Å². The Morgan fingerprint density at radius 3 is 2.03 bits per heavy atom. The number of hydrogen-bond donors (Lipinski definition) is 0. The monoisotopic (exact) mass is 529 g/mol. The van der Waals surface area contributed by atoms with Gasteiger partial charge in [0.2, 0.25) is 29.0 Å². The standard InChI is InChI=1S/C28H20BrNO5/c1-14-7-12-18(13-15(14)2)30-26(33)21-22(27(30)34)28(35-23(21)16-8-10-17(29)11-9-16)24(31)19-5-3-4-6-20(19)25(28)32/h3-13,21-23H,1-2H3/t21-,22+,23-/m0/s1. The molecule has 1 spiro atoms. The van der Waals surface area contributed by atoms with Crippen LogP contribution in [0, 0.1) is 25.7 Å². The van der Waals surface area contributed by atoms with E-state index in [1.165, 1.54) is 0 Å². The third kappa shape index (κ3) is 2.85. The van der Waals surface area contributed by atoms with E-state index in [2.05, 4.69) is 15.9 Å². The molecule has 6 nitrogen and oxygen atoms in total. The minimum atomic E-state index is -2.06. The van der Waals surface area contributed by atoms with Crippen molar-refractivity contribution in [2.75, 3.05) is 4.90 Å². The number of ketones is 2. The number of imide groups is 1. The van der Waals surface area contributed by atoms with Crippen molar-refractivity contribution in [2.45, 2.75) is 25.6 Å². The second kappa shape index (κ2) is 7.54. The van der Waals surface area contributed by atoms with Gasteiger partial charge in [-0.15, -0.1) is 0 Å². The summed E-state index contributed by atoms with van der Waals surface area (Å²) in [5.41, 5.74) is 1.38. The largest absolute Gasteiger partial charge is 0.349 e. The summed E-state index contributed by atoms with van der Waals surface area (Å²) in [7, 11) is 0. The minimum Gasteiger partial charge on any atom is -0.349 e. The maximum absolute atomic E-state index is 13.9. The molecule has 3 atom stereocenters. The molecule has 0 saturated carbocycles. The van der Waals surface area contributed by atoms with E-state index in [-0.39, 0.29) is 11.1 Å². The molecular weight excluding hydrogens is 510 g/mol. The third-order valence-electron chi connectivity index (χ3n) is 7.47. The Hall–Kier alpha value is -3.42. The number of anilines is 1. The van der Waals surface area contributed by atoms with Crippen molar-refractivity contribution in [3.63, 3.8) is 0 Å². The van der Waals surface area contributed by atoms with Crippen LogP contribution in [-0.4, -0.2) is 29.0 Å². The second-order valence-corrected chi connectivity index (χ2v) is 10.2. The summed E-state index contributed by atoms with van der Waals surface area (Å²) < 4.78 is 7.13. The van der Waals surface area contributed by atoms with Gasteiger partial charge < -0.3 is 4.74 Å². The summed E-state index contributed by atoms with van der Waals surface area (Å²) in [6.07, 6.45) is -0.927. The van der Waals surface area contributed by atoms with Crippen LogP contribution in [0.25, 0.3) is 0 Å². The Bertz CT molecular complexity index is 1430. The van der Waals surface area contributed by atoms with Gasteiger partial charge in [0, 0.05) is 15.6 Å². The number of halogens is 1. The number of benzene rings is 3. The summed E-state index contributed by atoms with van der Waals surface area (Å²) in [6, 6.07) is 19.0. The van der Waals surface area contributed by atoms with E-state index >= 15 is 0 Å². The van der Waals surface area contributed by atoms with Crippen molar-refractivity contribution in [3.8, 4) is 0 Å². The SMILES string of the molecule is Cc1ccc(N2C(=O)[C@@H]3[C@H](c4ccc(Br)cc4)OC4(C(=O)c5ccccc5C4=O)[C@H]3C2=O)cc1C. The smallest absolute Gasteiger partial charge is 0.241 e. The van der Waals surface area contributed by atoms with Crippen molar-refractivity contribution in [1.82, 2.24) is 0 Å².